The van der Waals surface area contributed by atoms with Gasteiger partial charge in [0.05, 0.1) is 19.8 Å². The van der Waals surface area contributed by atoms with Crippen LogP contribution in [0.15, 0.2) is 36.4 Å². The van der Waals surface area contributed by atoms with Gasteiger partial charge in [0.25, 0.3) is 5.91 Å². The van der Waals surface area contributed by atoms with Gasteiger partial charge < -0.3 is 19.1 Å². The Bertz CT molecular complexity index is 886. The Morgan fingerprint density at radius 3 is 2.15 bits per heavy atom. The smallest absolute Gasteiger partial charge is 0.260 e. The third-order valence-corrected chi connectivity index (χ3v) is 4.80. The van der Waals surface area contributed by atoms with Crippen LogP contribution in [0.2, 0.25) is 0 Å². The monoisotopic (exact) mass is 367 g/mol. The summed E-state index contributed by atoms with van der Waals surface area (Å²) in [5.41, 5.74) is 3.01. The van der Waals surface area contributed by atoms with E-state index in [4.69, 9.17) is 14.2 Å². The molecule has 0 spiro atoms. The highest BCUT2D eigenvalue weighted by Crippen LogP contribution is 2.39. The third-order valence-electron chi connectivity index (χ3n) is 4.80. The minimum absolute atomic E-state index is 0.0472. The van der Waals surface area contributed by atoms with Crippen molar-refractivity contribution in [3.8, 4) is 22.6 Å². The number of fused-ring (bicyclic) bond motifs is 3. The van der Waals surface area contributed by atoms with Crippen molar-refractivity contribution in [2.45, 2.75) is 6.92 Å². The molecule has 1 heterocycles. The average Bonchev–Trinajstić information content (AvgIpc) is 2.98. The Morgan fingerprint density at radius 1 is 0.963 bits per heavy atom. The van der Waals surface area contributed by atoms with E-state index in [-0.39, 0.29) is 18.3 Å². The number of hydrogen-bond acceptors (Lipinski definition) is 5. The molecule has 0 bridgehead atoms. The van der Waals surface area contributed by atoms with Gasteiger partial charge in [-0.25, -0.2) is 0 Å². The predicted octanol–water partition coefficient (Wildman–Crippen LogP) is 2.53. The first kappa shape index (κ1) is 17.5. The van der Waals surface area contributed by atoms with Gasteiger partial charge in [0.2, 0.25) is 0 Å². The van der Waals surface area contributed by atoms with Crippen LogP contribution in [0.1, 0.15) is 22.8 Å². The number of carbonyl (C=O) groups excluding carboxylic acids is 2. The molecule has 2 aromatic rings. The molecular weight excluding hydrogens is 346 g/mol. The fourth-order valence-electron chi connectivity index (χ4n) is 3.43. The molecular formula is C21H21NO5. The van der Waals surface area contributed by atoms with Crippen LogP contribution >= 0.6 is 0 Å². The Morgan fingerprint density at radius 2 is 1.56 bits per heavy atom. The van der Waals surface area contributed by atoms with E-state index in [2.05, 4.69) is 0 Å². The molecule has 0 unspecified atom stereocenters. The Hall–Kier alpha value is -2.86. The van der Waals surface area contributed by atoms with E-state index in [1.165, 1.54) is 0 Å². The summed E-state index contributed by atoms with van der Waals surface area (Å²) in [6, 6.07) is 10.9. The fourth-order valence-corrected chi connectivity index (χ4v) is 3.43. The van der Waals surface area contributed by atoms with Gasteiger partial charge in [-0.2, -0.15) is 0 Å². The summed E-state index contributed by atoms with van der Waals surface area (Å²) in [5.74, 6) is 1.08. The van der Waals surface area contributed by atoms with Gasteiger partial charge in [-0.1, -0.05) is 0 Å². The zero-order valence-corrected chi connectivity index (χ0v) is 15.2. The molecule has 2 aliphatic rings. The van der Waals surface area contributed by atoms with Crippen molar-refractivity contribution in [3.05, 3.63) is 47.5 Å². The summed E-state index contributed by atoms with van der Waals surface area (Å²) in [6.07, 6.45) is 0. The SMILES string of the molecule is CCOc1ccc2c(c1)C(=O)c1cc(OCC(=O)N3CCOCC3)ccc1-2. The molecule has 140 valence electrons. The van der Waals surface area contributed by atoms with E-state index in [9.17, 15) is 9.59 Å². The van der Waals surface area contributed by atoms with E-state index >= 15 is 0 Å². The van der Waals surface area contributed by atoms with E-state index in [0.717, 1.165) is 11.1 Å². The molecule has 2 aromatic carbocycles. The number of amides is 1. The first-order valence-electron chi connectivity index (χ1n) is 9.11. The highest BCUT2D eigenvalue weighted by Gasteiger charge is 2.28. The van der Waals surface area contributed by atoms with Crippen LogP contribution in [-0.4, -0.2) is 56.1 Å². The molecule has 0 saturated carbocycles. The maximum absolute atomic E-state index is 12.8. The molecule has 0 aromatic heterocycles. The summed E-state index contributed by atoms with van der Waals surface area (Å²) < 4.78 is 16.4. The molecule has 1 aliphatic heterocycles. The van der Waals surface area contributed by atoms with Gasteiger partial charge in [-0.15, -0.1) is 0 Å². The zero-order valence-electron chi connectivity index (χ0n) is 15.2. The largest absolute Gasteiger partial charge is 0.494 e. The molecule has 1 amide bonds. The van der Waals surface area contributed by atoms with Crippen LogP contribution in [0, 0.1) is 0 Å². The molecule has 1 aliphatic carbocycles. The quantitative estimate of drug-likeness (QED) is 0.693. The summed E-state index contributed by atoms with van der Waals surface area (Å²) in [7, 11) is 0. The van der Waals surface area contributed by atoms with Crippen molar-refractivity contribution < 1.29 is 23.8 Å². The van der Waals surface area contributed by atoms with Crippen LogP contribution in [0.5, 0.6) is 11.5 Å². The lowest BCUT2D eigenvalue weighted by Gasteiger charge is -2.26. The van der Waals surface area contributed by atoms with E-state index in [1.807, 2.05) is 25.1 Å². The third kappa shape index (κ3) is 3.40. The normalized spacial score (nSPS) is 15.3. The lowest BCUT2D eigenvalue weighted by atomic mass is 10.1. The number of carbonyl (C=O) groups is 2. The van der Waals surface area contributed by atoms with Crippen molar-refractivity contribution in [3.63, 3.8) is 0 Å². The number of nitrogens with zero attached hydrogens (tertiary/aromatic N) is 1. The maximum atomic E-state index is 12.8. The second-order valence-electron chi connectivity index (χ2n) is 6.46. The Kier molecular flexibility index (Phi) is 4.81. The molecule has 6 heteroatoms. The van der Waals surface area contributed by atoms with E-state index in [1.54, 1.807) is 23.1 Å². The van der Waals surface area contributed by atoms with Crippen molar-refractivity contribution >= 4 is 11.7 Å². The Balaban J connectivity index is 1.49. The van der Waals surface area contributed by atoms with Gasteiger partial charge in [-0.05, 0) is 54.4 Å². The van der Waals surface area contributed by atoms with Gasteiger partial charge in [0.15, 0.2) is 12.4 Å². The summed E-state index contributed by atoms with van der Waals surface area (Å²) in [6.45, 7) is 4.70. The molecule has 1 fully saturated rings. The van der Waals surface area contributed by atoms with Crippen LogP contribution in [0.25, 0.3) is 11.1 Å². The average molecular weight is 367 g/mol. The van der Waals surface area contributed by atoms with Crippen LogP contribution in [0.3, 0.4) is 0 Å². The van der Waals surface area contributed by atoms with Gasteiger partial charge in [0, 0.05) is 24.2 Å². The molecule has 0 radical (unpaired) electrons. The topological polar surface area (TPSA) is 65.1 Å². The van der Waals surface area contributed by atoms with Crippen LogP contribution < -0.4 is 9.47 Å². The predicted molar refractivity (Wildman–Crippen MR) is 99.4 cm³/mol. The van der Waals surface area contributed by atoms with Crippen molar-refractivity contribution in [1.82, 2.24) is 4.90 Å². The van der Waals surface area contributed by atoms with Crippen molar-refractivity contribution in [2.24, 2.45) is 0 Å². The molecule has 0 atom stereocenters. The molecule has 6 nitrogen and oxygen atoms in total. The first-order valence-corrected chi connectivity index (χ1v) is 9.11. The number of benzene rings is 2. The van der Waals surface area contributed by atoms with Crippen LogP contribution in [0.4, 0.5) is 0 Å². The minimum atomic E-state index is -0.0743. The number of hydrogen-bond donors (Lipinski definition) is 0. The highest BCUT2D eigenvalue weighted by atomic mass is 16.5. The van der Waals surface area contributed by atoms with Gasteiger partial charge >= 0.3 is 0 Å². The first-order chi connectivity index (χ1) is 13.2. The van der Waals surface area contributed by atoms with E-state index < -0.39 is 0 Å². The molecule has 27 heavy (non-hydrogen) atoms. The van der Waals surface area contributed by atoms with Gasteiger partial charge in [0.1, 0.15) is 11.5 Å². The maximum Gasteiger partial charge on any atom is 0.260 e. The standard InChI is InChI=1S/C21H21NO5/c1-2-26-14-3-5-16-17-6-4-15(12-19(17)21(24)18(16)11-14)27-13-20(23)22-7-9-25-10-8-22/h3-6,11-12H,2,7-10,13H2,1H3. The number of ether oxygens (including phenoxy) is 3. The number of morpholine rings is 1. The second-order valence-corrected chi connectivity index (χ2v) is 6.46. The van der Waals surface area contributed by atoms with E-state index in [0.29, 0.717) is 55.5 Å². The molecule has 4 rings (SSSR count). The highest BCUT2D eigenvalue weighted by molar-refractivity contribution is 6.22. The lowest BCUT2D eigenvalue weighted by Crippen LogP contribution is -2.42. The van der Waals surface area contributed by atoms with Crippen molar-refractivity contribution in [2.75, 3.05) is 39.5 Å². The Labute approximate surface area is 157 Å². The fraction of sp³-hybridized carbons (Fsp3) is 0.333. The minimum Gasteiger partial charge on any atom is -0.494 e. The number of ketones is 1. The number of rotatable bonds is 5. The molecule has 1 saturated heterocycles. The van der Waals surface area contributed by atoms with Gasteiger partial charge in [-0.3, -0.25) is 9.59 Å². The summed E-state index contributed by atoms with van der Waals surface area (Å²) in [5, 5.41) is 0. The molecule has 0 N–H and O–H groups in total. The lowest BCUT2D eigenvalue weighted by molar-refractivity contribution is -0.137. The zero-order chi connectivity index (χ0) is 18.8. The van der Waals surface area contributed by atoms with Crippen LogP contribution in [-0.2, 0) is 9.53 Å². The summed E-state index contributed by atoms with van der Waals surface area (Å²) >= 11 is 0. The second kappa shape index (κ2) is 7.40. The van der Waals surface area contributed by atoms with Crippen molar-refractivity contribution in [1.29, 1.82) is 0 Å². The summed E-state index contributed by atoms with van der Waals surface area (Å²) in [4.78, 5) is 26.7.